The van der Waals surface area contributed by atoms with Crippen molar-refractivity contribution in [3.8, 4) is 5.75 Å². The van der Waals surface area contributed by atoms with Crippen LogP contribution in [-0.4, -0.2) is 50.6 Å². The molecule has 2 N–H and O–H groups in total. The second-order valence-corrected chi connectivity index (χ2v) is 7.26. The van der Waals surface area contributed by atoms with Gasteiger partial charge in [0.05, 0.1) is 12.8 Å². The second kappa shape index (κ2) is 9.11. The van der Waals surface area contributed by atoms with Gasteiger partial charge >= 0.3 is 0 Å². The molecular weight excluding hydrogens is 362 g/mol. The summed E-state index contributed by atoms with van der Waals surface area (Å²) >= 11 is 6.06. The summed E-state index contributed by atoms with van der Waals surface area (Å²) in [4.78, 5) is 16.8. The number of anilines is 1. The van der Waals surface area contributed by atoms with E-state index < -0.39 is 0 Å². The average molecular weight is 389 g/mol. The topological polar surface area (TPSA) is 49.4 Å². The highest BCUT2D eigenvalue weighted by atomic mass is 35.5. The number of rotatable bonds is 6. The van der Waals surface area contributed by atoms with Crippen molar-refractivity contribution >= 4 is 23.2 Å². The van der Waals surface area contributed by atoms with E-state index >= 15 is 0 Å². The highest BCUT2D eigenvalue weighted by Gasteiger charge is 2.24. The highest BCUT2D eigenvalue weighted by Crippen LogP contribution is 2.28. The van der Waals surface area contributed by atoms with Gasteiger partial charge in [-0.15, -0.1) is 0 Å². The summed E-state index contributed by atoms with van der Waals surface area (Å²) in [5.74, 6) is 1.06. The maximum atomic E-state index is 12.6. The smallest absolute Gasteiger partial charge is 0.277 e. The third kappa shape index (κ3) is 4.93. The van der Waals surface area contributed by atoms with Crippen molar-refractivity contribution in [2.75, 3.05) is 44.7 Å². The quantitative estimate of drug-likeness (QED) is 0.826. The Morgan fingerprint density at radius 2 is 1.89 bits per heavy atom. The summed E-state index contributed by atoms with van der Waals surface area (Å²) in [6, 6.07) is 16.0. The fourth-order valence-electron chi connectivity index (χ4n) is 3.42. The van der Waals surface area contributed by atoms with Crippen LogP contribution >= 0.6 is 11.6 Å². The number of para-hydroxylation sites is 2. The first-order chi connectivity index (χ1) is 13.1. The van der Waals surface area contributed by atoms with E-state index in [9.17, 15) is 4.79 Å². The van der Waals surface area contributed by atoms with Gasteiger partial charge in [-0.2, -0.15) is 0 Å². The third-order valence-corrected chi connectivity index (χ3v) is 5.31. The van der Waals surface area contributed by atoms with Crippen molar-refractivity contribution in [1.29, 1.82) is 0 Å². The first-order valence-corrected chi connectivity index (χ1v) is 9.71. The van der Waals surface area contributed by atoms with Gasteiger partial charge in [-0.05, 0) is 31.2 Å². The molecule has 0 radical (unpaired) electrons. The number of carbonyl (C=O) groups excluding carboxylic acids is 1. The Labute approximate surface area is 165 Å². The molecule has 2 aromatic rings. The molecule has 1 heterocycles. The van der Waals surface area contributed by atoms with Crippen LogP contribution in [0, 0.1) is 0 Å². The van der Waals surface area contributed by atoms with Gasteiger partial charge in [0.1, 0.15) is 11.8 Å². The molecule has 2 aromatic carbocycles. The minimum absolute atomic E-state index is 0.184. The molecule has 1 saturated heterocycles. The molecule has 0 spiro atoms. The molecule has 0 aromatic heterocycles. The van der Waals surface area contributed by atoms with E-state index in [0.717, 1.165) is 48.2 Å². The molecule has 0 aliphatic carbocycles. The lowest BCUT2D eigenvalue weighted by Crippen LogP contribution is -2.87. The number of benzene rings is 2. The average Bonchev–Trinajstić information content (AvgIpc) is 2.71. The van der Waals surface area contributed by atoms with E-state index in [4.69, 9.17) is 16.3 Å². The van der Waals surface area contributed by atoms with Crippen molar-refractivity contribution in [3.05, 3.63) is 59.1 Å². The van der Waals surface area contributed by atoms with Crippen LogP contribution in [-0.2, 0) is 4.79 Å². The van der Waals surface area contributed by atoms with Crippen LogP contribution in [0.3, 0.4) is 0 Å². The number of amides is 1. The Morgan fingerprint density at radius 1 is 1.15 bits per heavy atom. The van der Waals surface area contributed by atoms with Gasteiger partial charge in [0.2, 0.25) is 0 Å². The van der Waals surface area contributed by atoms with Crippen molar-refractivity contribution in [1.82, 2.24) is 4.90 Å². The molecule has 144 valence electrons. The lowest BCUT2D eigenvalue weighted by Gasteiger charge is -2.36. The first kappa shape index (κ1) is 19.5. The van der Waals surface area contributed by atoms with Gasteiger partial charge in [0.15, 0.2) is 6.54 Å². The van der Waals surface area contributed by atoms with Crippen LogP contribution in [0.15, 0.2) is 48.5 Å². The number of ether oxygens (including phenoxy) is 1. The van der Waals surface area contributed by atoms with Gasteiger partial charge in [-0.3, -0.25) is 4.79 Å². The van der Waals surface area contributed by atoms with Crippen LogP contribution < -0.4 is 15.0 Å². The fraction of sp³-hybridized carbons (Fsp3) is 0.381. The lowest BCUT2D eigenvalue weighted by molar-refractivity contribution is -0.683. The number of carbonyl (C=O) groups is 1. The number of hydrogen-bond donors (Lipinski definition) is 1. The lowest BCUT2D eigenvalue weighted by atomic mass is 10.1. The largest absolute Gasteiger partial charge is 0.495 e. The fourth-order valence-corrected chi connectivity index (χ4v) is 3.62. The SMILES string of the molecule is COc1ccccc1N1CCN(C(=O)C[NH2+][C@@H](C)c2cccc(Cl)c2)CC1. The van der Waals surface area contributed by atoms with Gasteiger partial charge in [-0.1, -0.05) is 35.9 Å². The molecule has 1 aliphatic rings. The van der Waals surface area contributed by atoms with Crippen molar-refractivity contribution < 1.29 is 14.8 Å². The van der Waals surface area contributed by atoms with Crippen LogP contribution in [0.5, 0.6) is 5.75 Å². The normalized spacial score (nSPS) is 15.5. The number of nitrogens with two attached hydrogens (primary N) is 1. The van der Waals surface area contributed by atoms with E-state index in [1.165, 1.54) is 0 Å². The summed E-state index contributed by atoms with van der Waals surface area (Å²) in [5.41, 5.74) is 2.23. The Balaban J connectivity index is 1.50. The standard InChI is InChI=1S/C21H26ClN3O2/c1-16(17-6-5-7-18(22)14-17)23-15-21(26)25-12-10-24(11-13-25)19-8-3-4-9-20(19)27-2/h3-9,14,16,23H,10-13,15H2,1-2H3/p+1/t16-/m0/s1. The van der Waals surface area contributed by atoms with E-state index in [-0.39, 0.29) is 11.9 Å². The van der Waals surface area contributed by atoms with Gasteiger partial charge in [-0.25, -0.2) is 0 Å². The minimum Gasteiger partial charge on any atom is -0.495 e. The molecule has 1 atom stereocenters. The zero-order valence-corrected chi connectivity index (χ0v) is 16.7. The molecule has 3 rings (SSSR count). The predicted molar refractivity (Wildman–Crippen MR) is 108 cm³/mol. The summed E-state index contributed by atoms with van der Waals surface area (Å²) in [6.07, 6.45) is 0. The Hall–Kier alpha value is -2.24. The van der Waals surface area contributed by atoms with Gasteiger partial charge in [0, 0.05) is 36.8 Å². The first-order valence-electron chi connectivity index (χ1n) is 9.33. The zero-order valence-electron chi connectivity index (χ0n) is 15.9. The molecule has 0 saturated carbocycles. The number of nitrogens with zero attached hydrogens (tertiary/aromatic N) is 2. The number of hydrogen-bond acceptors (Lipinski definition) is 3. The van der Waals surface area contributed by atoms with E-state index in [0.29, 0.717) is 6.54 Å². The molecular formula is C21H27ClN3O2+. The number of halogens is 1. The third-order valence-electron chi connectivity index (χ3n) is 5.08. The number of quaternary nitrogens is 1. The van der Waals surface area contributed by atoms with E-state index in [1.54, 1.807) is 7.11 Å². The molecule has 0 bridgehead atoms. The molecule has 1 fully saturated rings. The van der Waals surface area contributed by atoms with Gasteiger partial charge < -0.3 is 19.9 Å². The summed E-state index contributed by atoms with van der Waals surface area (Å²) in [5, 5.41) is 2.80. The molecule has 6 heteroatoms. The number of piperazine rings is 1. The molecule has 5 nitrogen and oxygen atoms in total. The predicted octanol–water partition coefficient (Wildman–Crippen LogP) is 2.32. The van der Waals surface area contributed by atoms with Crippen molar-refractivity contribution in [2.24, 2.45) is 0 Å². The van der Waals surface area contributed by atoms with Crippen LogP contribution in [0.2, 0.25) is 5.02 Å². The summed E-state index contributed by atoms with van der Waals surface area (Å²) in [7, 11) is 1.69. The van der Waals surface area contributed by atoms with Crippen LogP contribution in [0.1, 0.15) is 18.5 Å². The van der Waals surface area contributed by atoms with Crippen LogP contribution in [0.4, 0.5) is 5.69 Å². The Bertz CT molecular complexity index is 776. The number of methoxy groups -OCH3 is 1. The summed E-state index contributed by atoms with van der Waals surface area (Å²) < 4.78 is 5.45. The minimum atomic E-state index is 0.184. The summed E-state index contributed by atoms with van der Waals surface area (Å²) in [6.45, 7) is 5.64. The maximum Gasteiger partial charge on any atom is 0.277 e. The monoisotopic (exact) mass is 388 g/mol. The van der Waals surface area contributed by atoms with Crippen molar-refractivity contribution in [2.45, 2.75) is 13.0 Å². The zero-order chi connectivity index (χ0) is 19.2. The molecule has 0 unspecified atom stereocenters. The Morgan fingerprint density at radius 3 is 2.59 bits per heavy atom. The maximum absolute atomic E-state index is 12.6. The van der Waals surface area contributed by atoms with Crippen LogP contribution in [0.25, 0.3) is 0 Å². The Kier molecular flexibility index (Phi) is 6.58. The molecule has 1 amide bonds. The molecule has 1 aliphatic heterocycles. The second-order valence-electron chi connectivity index (χ2n) is 6.82. The highest BCUT2D eigenvalue weighted by molar-refractivity contribution is 6.30. The van der Waals surface area contributed by atoms with E-state index in [1.807, 2.05) is 47.4 Å². The van der Waals surface area contributed by atoms with Gasteiger partial charge in [0.25, 0.3) is 5.91 Å². The van der Waals surface area contributed by atoms with E-state index in [2.05, 4.69) is 23.2 Å². The molecule has 27 heavy (non-hydrogen) atoms. The van der Waals surface area contributed by atoms with Crippen molar-refractivity contribution in [3.63, 3.8) is 0 Å².